The Labute approximate surface area is 185 Å². The van der Waals surface area contributed by atoms with Gasteiger partial charge in [-0.2, -0.15) is 0 Å². The third-order valence-electron chi connectivity index (χ3n) is 4.07. The molecule has 9 heteroatoms. The first kappa shape index (κ1) is 21.9. The van der Waals surface area contributed by atoms with Crippen LogP contribution >= 0.6 is 23.8 Å². The fourth-order valence-corrected chi connectivity index (χ4v) is 3.87. The Morgan fingerprint density at radius 3 is 2.17 bits per heavy atom. The van der Waals surface area contributed by atoms with Crippen LogP contribution in [0.2, 0.25) is 5.02 Å². The van der Waals surface area contributed by atoms with Crippen molar-refractivity contribution < 1.29 is 13.2 Å². The van der Waals surface area contributed by atoms with E-state index >= 15 is 0 Å². The van der Waals surface area contributed by atoms with Crippen LogP contribution in [0.1, 0.15) is 15.9 Å². The Hall–Kier alpha value is -2.78. The van der Waals surface area contributed by atoms with Gasteiger partial charge in [0.15, 0.2) is 5.11 Å². The lowest BCUT2D eigenvalue weighted by Crippen LogP contribution is -2.34. The topological polar surface area (TPSA) is 87.3 Å². The average molecular weight is 460 g/mol. The van der Waals surface area contributed by atoms with Crippen LogP contribution in [0, 0.1) is 0 Å². The van der Waals surface area contributed by atoms with E-state index < -0.39 is 10.0 Å². The van der Waals surface area contributed by atoms with Gasteiger partial charge in [-0.3, -0.25) is 10.1 Å². The van der Waals surface area contributed by atoms with Crippen molar-refractivity contribution in [1.82, 2.24) is 10.0 Å². The lowest BCUT2D eigenvalue weighted by atomic mass is 10.2. The monoisotopic (exact) mass is 459 g/mol. The summed E-state index contributed by atoms with van der Waals surface area (Å²) < 4.78 is 27.4. The summed E-state index contributed by atoms with van der Waals surface area (Å²) in [6, 6.07) is 21.7. The van der Waals surface area contributed by atoms with Crippen molar-refractivity contribution in [2.45, 2.75) is 11.4 Å². The summed E-state index contributed by atoms with van der Waals surface area (Å²) in [5, 5.41) is 6.02. The molecule has 0 aromatic heterocycles. The quantitative estimate of drug-likeness (QED) is 0.486. The van der Waals surface area contributed by atoms with Crippen LogP contribution in [0.4, 0.5) is 5.69 Å². The highest BCUT2D eigenvalue weighted by Gasteiger charge is 2.14. The standard InChI is InChI=1S/C21H18ClN3O3S2/c22-17-8-6-16(7-9-17)20(26)25-21(29)24-18-10-12-19(13-11-18)30(27,28)23-14-15-4-2-1-3-5-15/h1-13,23H,14H2,(H2,24,25,26,29). The van der Waals surface area contributed by atoms with E-state index in [2.05, 4.69) is 15.4 Å². The van der Waals surface area contributed by atoms with Crippen LogP contribution < -0.4 is 15.4 Å². The van der Waals surface area contributed by atoms with Gasteiger partial charge in [0.2, 0.25) is 10.0 Å². The highest BCUT2D eigenvalue weighted by molar-refractivity contribution is 7.89. The number of anilines is 1. The second kappa shape index (κ2) is 9.82. The number of rotatable bonds is 6. The molecule has 0 fully saturated rings. The number of thiocarbonyl (C=S) groups is 1. The maximum Gasteiger partial charge on any atom is 0.257 e. The van der Waals surface area contributed by atoms with E-state index in [0.717, 1.165) is 5.56 Å². The largest absolute Gasteiger partial charge is 0.332 e. The fourth-order valence-electron chi connectivity index (χ4n) is 2.51. The minimum atomic E-state index is -3.65. The van der Waals surface area contributed by atoms with E-state index in [-0.39, 0.29) is 22.5 Å². The molecule has 0 aliphatic heterocycles. The van der Waals surface area contributed by atoms with Gasteiger partial charge < -0.3 is 5.32 Å². The van der Waals surface area contributed by atoms with Crippen LogP contribution in [0.15, 0.2) is 83.8 Å². The normalized spacial score (nSPS) is 11.0. The van der Waals surface area contributed by atoms with Crippen molar-refractivity contribution in [1.29, 1.82) is 0 Å². The maximum absolute atomic E-state index is 12.4. The van der Waals surface area contributed by atoms with Gasteiger partial charge in [0.25, 0.3) is 5.91 Å². The molecule has 3 N–H and O–H groups in total. The van der Waals surface area contributed by atoms with Gasteiger partial charge in [-0.05, 0) is 66.3 Å². The molecular weight excluding hydrogens is 442 g/mol. The summed E-state index contributed by atoms with van der Waals surface area (Å²) in [6.07, 6.45) is 0. The number of carbonyl (C=O) groups is 1. The molecule has 6 nitrogen and oxygen atoms in total. The molecule has 30 heavy (non-hydrogen) atoms. The molecule has 0 radical (unpaired) electrons. The van der Waals surface area contributed by atoms with E-state index in [1.165, 1.54) is 12.1 Å². The Morgan fingerprint density at radius 2 is 1.53 bits per heavy atom. The van der Waals surface area contributed by atoms with E-state index in [1.807, 2.05) is 30.3 Å². The Balaban J connectivity index is 1.57. The van der Waals surface area contributed by atoms with Crippen molar-refractivity contribution in [2.24, 2.45) is 0 Å². The van der Waals surface area contributed by atoms with Crippen LogP contribution in [-0.4, -0.2) is 19.4 Å². The molecule has 0 saturated carbocycles. The number of halogens is 1. The molecule has 0 atom stereocenters. The number of carbonyl (C=O) groups excluding carboxylic acids is 1. The minimum absolute atomic E-state index is 0.0905. The van der Waals surface area contributed by atoms with E-state index in [9.17, 15) is 13.2 Å². The van der Waals surface area contributed by atoms with Gasteiger partial charge in [0.1, 0.15) is 0 Å². The van der Waals surface area contributed by atoms with E-state index in [0.29, 0.717) is 16.3 Å². The van der Waals surface area contributed by atoms with Crippen LogP contribution in [0.3, 0.4) is 0 Å². The third-order valence-corrected chi connectivity index (χ3v) is 5.94. The van der Waals surface area contributed by atoms with Crippen molar-refractivity contribution in [2.75, 3.05) is 5.32 Å². The zero-order valence-electron chi connectivity index (χ0n) is 15.6. The number of hydrogen-bond acceptors (Lipinski definition) is 4. The lowest BCUT2D eigenvalue weighted by Gasteiger charge is -2.11. The molecule has 0 aliphatic rings. The molecule has 0 heterocycles. The summed E-state index contributed by atoms with van der Waals surface area (Å²) in [4.78, 5) is 12.3. The smallest absolute Gasteiger partial charge is 0.257 e. The Morgan fingerprint density at radius 1 is 0.900 bits per heavy atom. The number of sulfonamides is 1. The molecule has 3 rings (SSSR count). The highest BCUT2D eigenvalue weighted by atomic mass is 35.5. The number of nitrogens with one attached hydrogen (secondary N) is 3. The van der Waals surface area contributed by atoms with Crippen molar-refractivity contribution in [3.8, 4) is 0 Å². The summed E-state index contributed by atoms with van der Waals surface area (Å²) in [5.74, 6) is -0.381. The van der Waals surface area contributed by atoms with Crippen LogP contribution in [-0.2, 0) is 16.6 Å². The lowest BCUT2D eigenvalue weighted by molar-refractivity contribution is 0.0977. The van der Waals surface area contributed by atoms with E-state index in [4.69, 9.17) is 23.8 Å². The molecule has 0 unspecified atom stereocenters. The molecular formula is C21H18ClN3O3S2. The number of amides is 1. The summed E-state index contributed by atoms with van der Waals surface area (Å²) >= 11 is 10.9. The minimum Gasteiger partial charge on any atom is -0.332 e. The second-order valence-corrected chi connectivity index (χ2v) is 8.86. The third kappa shape index (κ3) is 6.11. The molecule has 0 saturated heterocycles. The first-order chi connectivity index (χ1) is 14.3. The van der Waals surface area contributed by atoms with Gasteiger partial charge in [0, 0.05) is 22.8 Å². The molecule has 0 spiro atoms. The number of hydrogen-bond donors (Lipinski definition) is 3. The Kier molecular flexibility index (Phi) is 7.17. The molecule has 154 valence electrons. The maximum atomic E-state index is 12.4. The second-order valence-electron chi connectivity index (χ2n) is 6.25. The molecule has 0 aliphatic carbocycles. The zero-order chi connectivity index (χ0) is 21.6. The summed E-state index contributed by atoms with van der Waals surface area (Å²) in [6.45, 7) is 0.198. The SMILES string of the molecule is O=C(NC(=S)Nc1ccc(S(=O)(=O)NCc2ccccc2)cc1)c1ccc(Cl)cc1. The van der Waals surface area contributed by atoms with Crippen molar-refractivity contribution in [3.05, 3.63) is 95.0 Å². The molecule has 1 amide bonds. The predicted molar refractivity (Wildman–Crippen MR) is 122 cm³/mol. The van der Waals surface area contributed by atoms with Gasteiger partial charge in [-0.25, -0.2) is 13.1 Å². The fraction of sp³-hybridized carbons (Fsp3) is 0.0476. The van der Waals surface area contributed by atoms with Gasteiger partial charge in [-0.1, -0.05) is 41.9 Å². The van der Waals surface area contributed by atoms with Gasteiger partial charge >= 0.3 is 0 Å². The predicted octanol–water partition coefficient (Wildman–Crippen LogP) is 3.95. The van der Waals surface area contributed by atoms with Crippen molar-refractivity contribution >= 4 is 50.5 Å². The van der Waals surface area contributed by atoms with Crippen molar-refractivity contribution in [3.63, 3.8) is 0 Å². The first-order valence-electron chi connectivity index (χ1n) is 8.85. The van der Waals surface area contributed by atoms with E-state index in [1.54, 1.807) is 36.4 Å². The Bertz CT molecular complexity index is 1130. The molecule has 3 aromatic carbocycles. The van der Waals surface area contributed by atoms with Gasteiger partial charge in [-0.15, -0.1) is 0 Å². The zero-order valence-corrected chi connectivity index (χ0v) is 18.0. The van der Waals surface area contributed by atoms with Crippen LogP contribution in [0.5, 0.6) is 0 Å². The molecule has 3 aromatic rings. The molecule has 0 bridgehead atoms. The van der Waals surface area contributed by atoms with Gasteiger partial charge in [0.05, 0.1) is 4.90 Å². The van der Waals surface area contributed by atoms with Crippen LogP contribution in [0.25, 0.3) is 0 Å². The average Bonchev–Trinajstić information content (AvgIpc) is 2.74. The highest BCUT2D eigenvalue weighted by Crippen LogP contribution is 2.15. The number of benzene rings is 3. The summed E-state index contributed by atoms with van der Waals surface area (Å²) in [7, 11) is -3.65. The summed E-state index contributed by atoms with van der Waals surface area (Å²) in [5.41, 5.74) is 1.81. The first-order valence-corrected chi connectivity index (χ1v) is 11.1.